The summed E-state index contributed by atoms with van der Waals surface area (Å²) in [5.41, 5.74) is 0.850. The van der Waals surface area contributed by atoms with E-state index >= 15 is 0 Å². The Morgan fingerprint density at radius 1 is 1.13 bits per heavy atom. The van der Waals surface area contributed by atoms with Gasteiger partial charge < -0.3 is 10.2 Å². The molecule has 1 aliphatic heterocycles. The zero-order valence-corrected chi connectivity index (χ0v) is 17.4. The third-order valence-electron chi connectivity index (χ3n) is 5.45. The van der Waals surface area contributed by atoms with Gasteiger partial charge >= 0.3 is 6.18 Å². The Balaban J connectivity index is 1.63. The van der Waals surface area contributed by atoms with Crippen molar-refractivity contribution in [3.05, 3.63) is 71.3 Å². The summed E-state index contributed by atoms with van der Waals surface area (Å²) in [6.07, 6.45) is -3.74. The van der Waals surface area contributed by atoms with Gasteiger partial charge in [0, 0.05) is 33.2 Å². The smallest absolute Gasteiger partial charge is 0.353 e. The lowest BCUT2D eigenvalue weighted by Crippen LogP contribution is -2.56. The van der Waals surface area contributed by atoms with Gasteiger partial charge in [0.05, 0.1) is 18.0 Å². The predicted octanol–water partition coefficient (Wildman–Crippen LogP) is 3.10. The first-order valence-electron chi connectivity index (χ1n) is 10.2. The standard InChI is InChI=1S/C23H26F3N3O2/c1-28(12-10-17-6-3-2-4-7-17)21(30)15-20-22(31)27-11-13-29(20)16-18-8-5-9-19(14-18)23(24,25)26/h2-9,14,20H,10-13,15-16H2,1H3,(H,27,31). The van der Waals surface area contributed by atoms with E-state index in [-0.39, 0.29) is 24.8 Å². The van der Waals surface area contributed by atoms with Gasteiger partial charge in [0.2, 0.25) is 11.8 Å². The Morgan fingerprint density at radius 2 is 1.84 bits per heavy atom. The number of rotatable bonds is 7. The van der Waals surface area contributed by atoms with Gasteiger partial charge in [-0.2, -0.15) is 13.2 Å². The molecule has 0 saturated carbocycles. The fraction of sp³-hybridized carbons (Fsp3) is 0.391. The lowest BCUT2D eigenvalue weighted by Gasteiger charge is -2.35. The maximum atomic E-state index is 13.0. The predicted molar refractivity (Wildman–Crippen MR) is 111 cm³/mol. The molecule has 31 heavy (non-hydrogen) atoms. The molecule has 1 atom stereocenters. The number of halogens is 3. The van der Waals surface area contributed by atoms with Gasteiger partial charge in [-0.3, -0.25) is 14.5 Å². The Kier molecular flexibility index (Phi) is 7.33. The number of hydrogen-bond acceptors (Lipinski definition) is 3. The number of piperazine rings is 1. The molecule has 5 nitrogen and oxygen atoms in total. The van der Waals surface area contributed by atoms with Crippen LogP contribution >= 0.6 is 0 Å². The molecule has 1 N–H and O–H groups in total. The zero-order chi connectivity index (χ0) is 22.4. The monoisotopic (exact) mass is 433 g/mol. The van der Waals surface area contributed by atoms with Gasteiger partial charge in [0.15, 0.2) is 0 Å². The summed E-state index contributed by atoms with van der Waals surface area (Å²) in [7, 11) is 1.70. The maximum absolute atomic E-state index is 13.0. The average Bonchev–Trinajstić information content (AvgIpc) is 2.74. The van der Waals surface area contributed by atoms with Crippen molar-refractivity contribution in [1.29, 1.82) is 0 Å². The molecular weight excluding hydrogens is 407 g/mol. The van der Waals surface area contributed by atoms with Crippen LogP contribution < -0.4 is 5.32 Å². The van der Waals surface area contributed by atoms with Gasteiger partial charge in [0.25, 0.3) is 0 Å². The molecule has 1 fully saturated rings. The second kappa shape index (κ2) is 9.96. The summed E-state index contributed by atoms with van der Waals surface area (Å²) in [4.78, 5) is 28.6. The molecule has 1 aliphatic rings. The lowest BCUT2D eigenvalue weighted by atomic mass is 10.0. The molecule has 1 saturated heterocycles. The molecule has 0 spiro atoms. The minimum Gasteiger partial charge on any atom is -0.353 e. The van der Waals surface area contributed by atoms with E-state index in [0.717, 1.165) is 17.7 Å². The quantitative estimate of drug-likeness (QED) is 0.730. The first-order valence-corrected chi connectivity index (χ1v) is 10.2. The lowest BCUT2D eigenvalue weighted by molar-refractivity contribution is -0.138. The number of benzene rings is 2. The SMILES string of the molecule is CN(CCc1ccccc1)C(=O)CC1C(=O)NCCN1Cc1cccc(C(F)(F)F)c1. The van der Waals surface area contributed by atoms with E-state index in [0.29, 0.717) is 31.6 Å². The van der Waals surface area contributed by atoms with E-state index in [1.807, 2.05) is 30.3 Å². The number of hydrogen-bond donors (Lipinski definition) is 1. The minimum absolute atomic E-state index is 0.0178. The van der Waals surface area contributed by atoms with E-state index in [4.69, 9.17) is 0 Å². The highest BCUT2D eigenvalue weighted by atomic mass is 19.4. The first-order chi connectivity index (χ1) is 14.7. The van der Waals surface area contributed by atoms with E-state index in [2.05, 4.69) is 5.32 Å². The summed E-state index contributed by atoms with van der Waals surface area (Å²) in [5.74, 6) is -0.449. The molecule has 0 bridgehead atoms. The third kappa shape index (κ3) is 6.30. The first kappa shape index (κ1) is 22.8. The number of likely N-dealkylation sites (N-methyl/N-ethyl adjacent to an activating group) is 1. The highest BCUT2D eigenvalue weighted by Gasteiger charge is 2.34. The highest BCUT2D eigenvalue weighted by molar-refractivity contribution is 5.88. The van der Waals surface area contributed by atoms with E-state index in [9.17, 15) is 22.8 Å². The molecule has 2 amide bonds. The molecule has 0 aromatic heterocycles. The van der Waals surface area contributed by atoms with Crippen molar-refractivity contribution in [2.75, 3.05) is 26.7 Å². The molecule has 2 aromatic carbocycles. The zero-order valence-electron chi connectivity index (χ0n) is 17.4. The summed E-state index contributed by atoms with van der Waals surface area (Å²) in [6.45, 7) is 1.55. The average molecular weight is 433 g/mol. The largest absolute Gasteiger partial charge is 0.416 e. The van der Waals surface area contributed by atoms with Crippen LogP contribution in [-0.4, -0.2) is 54.3 Å². The van der Waals surface area contributed by atoms with Crippen LogP contribution in [0.25, 0.3) is 0 Å². The van der Waals surface area contributed by atoms with Crippen LogP contribution in [0.15, 0.2) is 54.6 Å². The third-order valence-corrected chi connectivity index (χ3v) is 5.45. The normalized spacial score (nSPS) is 17.3. The fourth-order valence-corrected chi connectivity index (χ4v) is 3.64. The van der Waals surface area contributed by atoms with E-state index in [1.54, 1.807) is 22.9 Å². The van der Waals surface area contributed by atoms with Crippen LogP contribution in [0.4, 0.5) is 13.2 Å². The molecule has 0 radical (unpaired) electrons. The Hall–Kier alpha value is -2.87. The topological polar surface area (TPSA) is 52.7 Å². The van der Waals surface area contributed by atoms with Crippen molar-refractivity contribution in [1.82, 2.24) is 15.1 Å². The summed E-state index contributed by atoms with van der Waals surface area (Å²) >= 11 is 0. The number of nitrogens with zero attached hydrogens (tertiary/aromatic N) is 2. The van der Waals surface area contributed by atoms with Crippen LogP contribution in [-0.2, 0) is 28.7 Å². The molecule has 166 valence electrons. The Labute approximate surface area is 179 Å². The van der Waals surface area contributed by atoms with Crippen molar-refractivity contribution in [3.8, 4) is 0 Å². The molecule has 3 rings (SSSR count). The van der Waals surface area contributed by atoms with Crippen molar-refractivity contribution >= 4 is 11.8 Å². The van der Waals surface area contributed by atoms with Gasteiger partial charge in [0.1, 0.15) is 0 Å². The number of amides is 2. The van der Waals surface area contributed by atoms with Crippen LogP contribution in [0.2, 0.25) is 0 Å². The number of nitrogens with one attached hydrogen (secondary N) is 1. The van der Waals surface area contributed by atoms with E-state index in [1.165, 1.54) is 6.07 Å². The van der Waals surface area contributed by atoms with Crippen LogP contribution in [0, 0.1) is 0 Å². The van der Waals surface area contributed by atoms with Crippen molar-refractivity contribution in [2.24, 2.45) is 0 Å². The van der Waals surface area contributed by atoms with Gasteiger partial charge in [-0.05, 0) is 23.6 Å². The Bertz CT molecular complexity index is 902. The van der Waals surface area contributed by atoms with Crippen molar-refractivity contribution in [2.45, 2.75) is 31.6 Å². The number of carbonyl (C=O) groups is 2. The van der Waals surface area contributed by atoms with Gasteiger partial charge in [-0.25, -0.2) is 0 Å². The van der Waals surface area contributed by atoms with E-state index < -0.39 is 17.8 Å². The van der Waals surface area contributed by atoms with Gasteiger partial charge in [-0.1, -0.05) is 48.5 Å². The highest BCUT2D eigenvalue weighted by Crippen LogP contribution is 2.30. The second-order valence-electron chi connectivity index (χ2n) is 7.73. The molecule has 0 aliphatic carbocycles. The fourth-order valence-electron chi connectivity index (χ4n) is 3.64. The molecular formula is C23H26F3N3O2. The number of alkyl halides is 3. The molecule has 1 heterocycles. The van der Waals surface area contributed by atoms with Gasteiger partial charge in [-0.15, -0.1) is 0 Å². The van der Waals surface area contributed by atoms with Crippen LogP contribution in [0.5, 0.6) is 0 Å². The Morgan fingerprint density at radius 3 is 2.55 bits per heavy atom. The van der Waals surface area contributed by atoms with Crippen LogP contribution in [0.1, 0.15) is 23.1 Å². The number of carbonyl (C=O) groups excluding carboxylic acids is 2. The molecule has 8 heteroatoms. The van der Waals surface area contributed by atoms with Crippen molar-refractivity contribution < 1.29 is 22.8 Å². The molecule has 1 unspecified atom stereocenters. The summed E-state index contributed by atoms with van der Waals surface area (Å²) < 4.78 is 39.0. The molecule has 2 aromatic rings. The summed E-state index contributed by atoms with van der Waals surface area (Å²) in [6, 6.07) is 14.2. The second-order valence-corrected chi connectivity index (χ2v) is 7.73. The van der Waals surface area contributed by atoms with Crippen LogP contribution in [0.3, 0.4) is 0 Å². The summed E-state index contributed by atoms with van der Waals surface area (Å²) in [5, 5.41) is 2.75. The minimum atomic E-state index is -4.42. The van der Waals surface area contributed by atoms with Crippen molar-refractivity contribution in [3.63, 3.8) is 0 Å². The maximum Gasteiger partial charge on any atom is 0.416 e.